The van der Waals surface area contributed by atoms with Crippen LogP contribution in [-0.2, 0) is 11.3 Å². The quantitative estimate of drug-likeness (QED) is 0.888. The molecular formula is C15H24N2O. The molecule has 1 aliphatic heterocycles. The predicted molar refractivity (Wildman–Crippen MR) is 75.9 cm³/mol. The zero-order chi connectivity index (χ0) is 13.0. The van der Waals surface area contributed by atoms with Crippen molar-refractivity contribution in [1.82, 2.24) is 0 Å². The molecule has 0 aromatic heterocycles. The van der Waals surface area contributed by atoms with Crippen molar-refractivity contribution in [2.24, 2.45) is 11.7 Å². The Labute approximate surface area is 110 Å². The number of benzene rings is 1. The molecule has 0 atom stereocenters. The highest BCUT2D eigenvalue weighted by atomic mass is 16.5. The molecular weight excluding hydrogens is 224 g/mol. The standard InChI is InChI=1S/C15H24N2O/c1-12-4-3-5-14(10-16)15(12)17-8-6-13(7-9-17)11-18-2/h3-5,13H,6-11,16H2,1-2H3. The molecule has 0 amide bonds. The zero-order valence-electron chi connectivity index (χ0n) is 11.5. The summed E-state index contributed by atoms with van der Waals surface area (Å²) in [5, 5.41) is 0. The number of piperidine rings is 1. The second-order valence-electron chi connectivity index (χ2n) is 5.17. The van der Waals surface area contributed by atoms with Gasteiger partial charge in [0.05, 0.1) is 0 Å². The molecule has 1 aromatic rings. The van der Waals surface area contributed by atoms with Gasteiger partial charge in [-0.25, -0.2) is 0 Å². The average Bonchev–Trinajstić information content (AvgIpc) is 2.40. The summed E-state index contributed by atoms with van der Waals surface area (Å²) in [5.41, 5.74) is 9.81. The SMILES string of the molecule is COCC1CCN(c2c(C)cccc2CN)CC1. The van der Waals surface area contributed by atoms with Gasteiger partial charge in [-0.3, -0.25) is 0 Å². The van der Waals surface area contributed by atoms with Gasteiger partial charge in [0.15, 0.2) is 0 Å². The molecule has 0 spiro atoms. The van der Waals surface area contributed by atoms with E-state index in [2.05, 4.69) is 30.0 Å². The molecule has 1 aliphatic rings. The lowest BCUT2D eigenvalue weighted by molar-refractivity contribution is 0.139. The summed E-state index contributed by atoms with van der Waals surface area (Å²) >= 11 is 0. The van der Waals surface area contributed by atoms with E-state index in [1.807, 2.05) is 0 Å². The first kappa shape index (κ1) is 13.4. The lowest BCUT2D eigenvalue weighted by Crippen LogP contribution is -2.36. The number of nitrogens with two attached hydrogens (primary N) is 1. The minimum absolute atomic E-state index is 0.620. The Morgan fingerprint density at radius 2 is 2.06 bits per heavy atom. The molecule has 0 saturated carbocycles. The highest BCUT2D eigenvalue weighted by molar-refractivity contribution is 5.59. The van der Waals surface area contributed by atoms with Gasteiger partial charge in [-0.1, -0.05) is 18.2 Å². The first-order chi connectivity index (χ1) is 8.76. The van der Waals surface area contributed by atoms with Gasteiger partial charge in [0, 0.05) is 39.0 Å². The highest BCUT2D eigenvalue weighted by Gasteiger charge is 2.21. The summed E-state index contributed by atoms with van der Waals surface area (Å²) in [6, 6.07) is 6.41. The fourth-order valence-electron chi connectivity index (χ4n) is 2.90. The smallest absolute Gasteiger partial charge is 0.0491 e. The van der Waals surface area contributed by atoms with Gasteiger partial charge in [0.25, 0.3) is 0 Å². The Bertz CT molecular complexity index is 384. The fraction of sp³-hybridized carbons (Fsp3) is 0.600. The highest BCUT2D eigenvalue weighted by Crippen LogP contribution is 2.29. The van der Waals surface area contributed by atoms with Gasteiger partial charge < -0.3 is 15.4 Å². The third kappa shape index (κ3) is 2.85. The van der Waals surface area contributed by atoms with Gasteiger partial charge in [-0.05, 0) is 36.8 Å². The monoisotopic (exact) mass is 248 g/mol. The Balaban J connectivity index is 2.09. The number of aryl methyl sites for hydroxylation is 1. The molecule has 1 fully saturated rings. The van der Waals surface area contributed by atoms with E-state index in [0.29, 0.717) is 6.54 Å². The lowest BCUT2D eigenvalue weighted by atomic mass is 9.96. The molecule has 0 bridgehead atoms. The maximum atomic E-state index is 5.85. The molecule has 0 aliphatic carbocycles. The van der Waals surface area contributed by atoms with E-state index in [1.165, 1.54) is 29.7 Å². The number of para-hydroxylation sites is 1. The van der Waals surface area contributed by atoms with Crippen molar-refractivity contribution in [2.45, 2.75) is 26.3 Å². The van der Waals surface area contributed by atoms with Crippen LogP contribution in [0.2, 0.25) is 0 Å². The molecule has 3 heteroatoms. The number of hydrogen-bond donors (Lipinski definition) is 1. The van der Waals surface area contributed by atoms with E-state index >= 15 is 0 Å². The van der Waals surface area contributed by atoms with Gasteiger partial charge in [0.2, 0.25) is 0 Å². The maximum Gasteiger partial charge on any atom is 0.0491 e. The van der Waals surface area contributed by atoms with Gasteiger partial charge in [-0.2, -0.15) is 0 Å². The molecule has 0 unspecified atom stereocenters. The van der Waals surface area contributed by atoms with Crippen LogP contribution in [0.4, 0.5) is 5.69 Å². The van der Waals surface area contributed by atoms with E-state index in [1.54, 1.807) is 7.11 Å². The zero-order valence-corrected chi connectivity index (χ0v) is 11.5. The van der Waals surface area contributed by atoms with Crippen LogP contribution in [0, 0.1) is 12.8 Å². The van der Waals surface area contributed by atoms with Crippen molar-refractivity contribution in [3.63, 3.8) is 0 Å². The van der Waals surface area contributed by atoms with E-state index in [4.69, 9.17) is 10.5 Å². The van der Waals surface area contributed by atoms with Crippen LogP contribution in [-0.4, -0.2) is 26.8 Å². The van der Waals surface area contributed by atoms with E-state index in [-0.39, 0.29) is 0 Å². The normalized spacial score (nSPS) is 17.2. The summed E-state index contributed by atoms with van der Waals surface area (Å²) in [6.45, 7) is 5.92. The Kier molecular flexibility index (Phi) is 4.61. The molecule has 3 nitrogen and oxygen atoms in total. The van der Waals surface area contributed by atoms with Crippen LogP contribution in [0.25, 0.3) is 0 Å². The van der Waals surface area contributed by atoms with Gasteiger partial charge in [-0.15, -0.1) is 0 Å². The summed E-state index contributed by atoms with van der Waals surface area (Å²) < 4.78 is 5.25. The number of anilines is 1. The first-order valence-corrected chi connectivity index (χ1v) is 6.78. The molecule has 2 N–H and O–H groups in total. The third-order valence-electron chi connectivity index (χ3n) is 3.87. The Morgan fingerprint density at radius 3 is 2.67 bits per heavy atom. The first-order valence-electron chi connectivity index (χ1n) is 6.78. The van der Waals surface area contributed by atoms with Crippen LogP contribution in [0.1, 0.15) is 24.0 Å². The van der Waals surface area contributed by atoms with Crippen molar-refractivity contribution in [2.75, 3.05) is 31.7 Å². The van der Waals surface area contributed by atoms with Crippen LogP contribution >= 0.6 is 0 Å². The molecule has 2 rings (SSSR count). The van der Waals surface area contributed by atoms with Gasteiger partial charge in [0.1, 0.15) is 0 Å². The van der Waals surface area contributed by atoms with Crippen LogP contribution in [0.3, 0.4) is 0 Å². The fourth-order valence-corrected chi connectivity index (χ4v) is 2.90. The lowest BCUT2D eigenvalue weighted by Gasteiger charge is -2.35. The molecule has 1 saturated heterocycles. The minimum Gasteiger partial charge on any atom is -0.384 e. The topological polar surface area (TPSA) is 38.5 Å². The largest absolute Gasteiger partial charge is 0.384 e. The van der Waals surface area contributed by atoms with Gasteiger partial charge >= 0.3 is 0 Å². The molecule has 1 heterocycles. The summed E-state index contributed by atoms with van der Waals surface area (Å²) in [5.74, 6) is 0.719. The minimum atomic E-state index is 0.620. The van der Waals surface area contributed by atoms with Crippen molar-refractivity contribution in [3.8, 4) is 0 Å². The molecule has 1 aromatic carbocycles. The van der Waals surface area contributed by atoms with E-state index in [0.717, 1.165) is 25.6 Å². The van der Waals surface area contributed by atoms with E-state index < -0.39 is 0 Å². The number of methoxy groups -OCH3 is 1. The second-order valence-corrected chi connectivity index (χ2v) is 5.17. The number of nitrogens with zero attached hydrogens (tertiary/aromatic N) is 1. The Hall–Kier alpha value is -1.06. The van der Waals surface area contributed by atoms with Crippen molar-refractivity contribution in [3.05, 3.63) is 29.3 Å². The molecule has 18 heavy (non-hydrogen) atoms. The number of ether oxygens (including phenoxy) is 1. The predicted octanol–water partition coefficient (Wildman–Crippen LogP) is 2.32. The summed E-state index contributed by atoms with van der Waals surface area (Å²) in [7, 11) is 1.79. The molecule has 0 radical (unpaired) electrons. The summed E-state index contributed by atoms with van der Waals surface area (Å²) in [6.07, 6.45) is 2.43. The second kappa shape index (κ2) is 6.21. The Morgan fingerprint density at radius 1 is 1.33 bits per heavy atom. The van der Waals surface area contributed by atoms with Crippen LogP contribution in [0.15, 0.2) is 18.2 Å². The third-order valence-corrected chi connectivity index (χ3v) is 3.87. The number of rotatable bonds is 4. The van der Waals surface area contributed by atoms with Crippen molar-refractivity contribution >= 4 is 5.69 Å². The van der Waals surface area contributed by atoms with Crippen LogP contribution < -0.4 is 10.6 Å². The molecule has 100 valence electrons. The average molecular weight is 248 g/mol. The van der Waals surface area contributed by atoms with Crippen molar-refractivity contribution in [1.29, 1.82) is 0 Å². The maximum absolute atomic E-state index is 5.85. The van der Waals surface area contributed by atoms with Crippen molar-refractivity contribution < 1.29 is 4.74 Å². The number of hydrogen-bond acceptors (Lipinski definition) is 3. The van der Waals surface area contributed by atoms with Crippen LogP contribution in [0.5, 0.6) is 0 Å². The summed E-state index contributed by atoms with van der Waals surface area (Å²) in [4.78, 5) is 2.49. The van der Waals surface area contributed by atoms with E-state index in [9.17, 15) is 0 Å².